The molecule has 0 aliphatic carbocycles. The Bertz CT molecular complexity index is 994. The molecule has 1 unspecified atom stereocenters. The molecular formula is C19H20F2N2O5S. The molecule has 29 heavy (non-hydrogen) atoms. The number of ether oxygens (including phenoxy) is 1. The van der Waals surface area contributed by atoms with Gasteiger partial charge in [0.05, 0.1) is 16.1 Å². The summed E-state index contributed by atoms with van der Waals surface area (Å²) >= 11 is 0. The van der Waals surface area contributed by atoms with Crippen molar-refractivity contribution < 1.29 is 31.5 Å². The predicted octanol–water partition coefficient (Wildman–Crippen LogP) is 2.84. The van der Waals surface area contributed by atoms with E-state index < -0.39 is 40.1 Å². The van der Waals surface area contributed by atoms with Crippen molar-refractivity contribution in [3.8, 4) is 0 Å². The van der Waals surface area contributed by atoms with E-state index in [9.17, 15) is 26.8 Å². The Morgan fingerprint density at radius 2 is 1.76 bits per heavy atom. The van der Waals surface area contributed by atoms with Crippen molar-refractivity contribution in [1.29, 1.82) is 0 Å². The summed E-state index contributed by atoms with van der Waals surface area (Å²) in [5.74, 6) is -3.44. The second-order valence-corrected chi connectivity index (χ2v) is 7.92. The zero-order valence-corrected chi connectivity index (χ0v) is 16.6. The van der Waals surface area contributed by atoms with Crippen LogP contribution in [0.1, 0.15) is 30.6 Å². The van der Waals surface area contributed by atoms with E-state index in [0.717, 1.165) is 12.1 Å². The lowest BCUT2D eigenvalue weighted by atomic mass is 10.2. The number of halogens is 2. The van der Waals surface area contributed by atoms with Gasteiger partial charge in [-0.15, -0.1) is 0 Å². The molecular weight excluding hydrogens is 406 g/mol. The minimum atomic E-state index is -3.71. The van der Waals surface area contributed by atoms with Gasteiger partial charge in [0.15, 0.2) is 6.61 Å². The van der Waals surface area contributed by atoms with E-state index in [1.54, 1.807) is 6.92 Å². The molecule has 2 N–H and O–H groups in total. The van der Waals surface area contributed by atoms with Crippen LogP contribution in [0.3, 0.4) is 0 Å². The van der Waals surface area contributed by atoms with Crippen molar-refractivity contribution in [3.05, 3.63) is 59.7 Å². The molecule has 0 aliphatic heterocycles. The topological polar surface area (TPSA) is 102 Å². The van der Waals surface area contributed by atoms with E-state index in [1.807, 2.05) is 6.92 Å². The third-order valence-corrected chi connectivity index (χ3v) is 5.51. The van der Waals surface area contributed by atoms with Crippen LogP contribution in [-0.2, 0) is 19.6 Å². The van der Waals surface area contributed by atoms with Crippen molar-refractivity contribution in [2.24, 2.45) is 0 Å². The summed E-state index contributed by atoms with van der Waals surface area (Å²) in [7, 11) is -3.71. The maximum atomic E-state index is 13.5. The lowest BCUT2D eigenvalue weighted by Gasteiger charge is -2.12. The number of esters is 1. The SMILES string of the molecule is CCC(C)NS(=O)(=O)c1ccc(C(=O)OCC(=O)Nc2ccc(F)cc2F)cc1. The first kappa shape index (κ1) is 22.4. The van der Waals surface area contributed by atoms with Gasteiger partial charge in [-0.2, -0.15) is 0 Å². The van der Waals surface area contributed by atoms with E-state index in [0.29, 0.717) is 12.5 Å². The lowest BCUT2D eigenvalue weighted by molar-refractivity contribution is -0.119. The Morgan fingerprint density at radius 1 is 1.10 bits per heavy atom. The van der Waals surface area contributed by atoms with Crippen LogP contribution >= 0.6 is 0 Å². The molecule has 156 valence electrons. The van der Waals surface area contributed by atoms with Crippen LogP contribution in [0.15, 0.2) is 47.4 Å². The number of anilines is 1. The first-order valence-electron chi connectivity index (χ1n) is 8.66. The van der Waals surface area contributed by atoms with Gasteiger partial charge in [0.2, 0.25) is 10.0 Å². The zero-order valence-electron chi connectivity index (χ0n) is 15.7. The number of sulfonamides is 1. The Kier molecular flexibility index (Phi) is 7.40. The van der Waals surface area contributed by atoms with Crippen LogP contribution in [0.2, 0.25) is 0 Å². The quantitative estimate of drug-likeness (QED) is 0.632. The van der Waals surface area contributed by atoms with Gasteiger partial charge in [-0.3, -0.25) is 4.79 Å². The maximum absolute atomic E-state index is 13.5. The minimum Gasteiger partial charge on any atom is -0.452 e. The molecule has 0 saturated carbocycles. The van der Waals surface area contributed by atoms with Crippen LogP contribution in [0.5, 0.6) is 0 Å². The number of carbonyl (C=O) groups excluding carboxylic acids is 2. The number of hydrogen-bond acceptors (Lipinski definition) is 5. The Hall–Kier alpha value is -2.85. The molecule has 10 heteroatoms. The third-order valence-electron chi connectivity index (χ3n) is 3.91. The van der Waals surface area contributed by atoms with Gasteiger partial charge in [-0.05, 0) is 49.7 Å². The van der Waals surface area contributed by atoms with Crippen LogP contribution in [-0.4, -0.2) is 32.9 Å². The average molecular weight is 426 g/mol. The monoisotopic (exact) mass is 426 g/mol. The largest absolute Gasteiger partial charge is 0.452 e. The summed E-state index contributed by atoms with van der Waals surface area (Å²) in [6.07, 6.45) is 0.619. The van der Waals surface area contributed by atoms with Gasteiger partial charge in [-0.1, -0.05) is 6.92 Å². The molecule has 2 aromatic carbocycles. The molecule has 0 spiro atoms. The molecule has 0 bridgehead atoms. The number of rotatable bonds is 8. The first-order valence-corrected chi connectivity index (χ1v) is 10.1. The van der Waals surface area contributed by atoms with Gasteiger partial charge in [0.25, 0.3) is 5.91 Å². The Balaban J connectivity index is 1.94. The summed E-state index contributed by atoms with van der Waals surface area (Å²) in [6.45, 7) is 2.87. The second-order valence-electron chi connectivity index (χ2n) is 6.20. The smallest absolute Gasteiger partial charge is 0.338 e. The number of amides is 1. The molecule has 1 atom stereocenters. The van der Waals surface area contributed by atoms with Gasteiger partial charge in [0, 0.05) is 12.1 Å². The molecule has 0 saturated heterocycles. The van der Waals surface area contributed by atoms with Crippen molar-refractivity contribution in [2.75, 3.05) is 11.9 Å². The molecule has 0 heterocycles. The molecule has 0 aliphatic rings. The Morgan fingerprint density at radius 3 is 2.34 bits per heavy atom. The van der Waals surface area contributed by atoms with Crippen molar-refractivity contribution in [3.63, 3.8) is 0 Å². The standard InChI is InChI=1S/C19H20F2N2O5S/c1-3-12(2)23-29(26,27)15-7-4-13(5-8-15)19(25)28-11-18(24)22-17-9-6-14(20)10-16(17)21/h4-10,12,23H,3,11H2,1-2H3,(H,22,24). The molecule has 2 aromatic rings. The molecule has 0 fully saturated rings. The Labute approximate surface area is 167 Å². The first-order chi connectivity index (χ1) is 13.6. The van der Waals surface area contributed by atoms with Gasteiger partial charge in [0.1, 0.15) is 11.6 Å². The van der Waals surface area contributed by atoms with Crippen molar-refractivity contribution in [1.82, 2.24) is 4.72 Å². The van der Waals surface area contributed by atoms with E-state index >= 15 is 0 Å². The van der Waals surface area contributed by atoms with E-state index in [1.165, 1.54) is 24.3 Å². The number of carbonyl (C=O) groups is 2. The fourth-order valence-electron chi connectivity index (χ4n) is 2.18. The highest BCUT2D eigenvalue weighted by atomic mass is 32.2. The second kappa shape index (κ2) is 9.57. The maximum Gasteiger partial charge on any atom is 0.338 e. The third kappa shape index (κ3) is 6.33. The summed E-state index contributed by atoms with van der Waals surface area (Å²) in [5, 5.41) is 2.15. The lowest BCUT2D eigenvalue weighted by Crippen LogP contribution is -2.32. The fourth-order valence-corrected chi connectivity index (χ4v) is 3.50. The summed E-state index contributed by atoms with van der Waals surface area (Å²) in [4.78, 5) is 23.8. The highest BCUT2D eigenvalue weighted by Crippen LogP contribution is 2.15. The van der Waals surface area contributed by atoms with Crippen LogP contribution in [0.25, 0.3) is 0 Å². The summed E-state index contributed by atoms with van der Waals surface area (Å²) in [6, 6.07) is 7.37. The van der Waals surface area contributed by atoms with Gasteiger partial charge < -0.3 is 10.1 Å². The van der Waals surface area contributed by atoms with Crippen LogP contribution in [0.4, 0.5) is 14.5 Å². The predicted molar refractivity (Wildman–Crippen MR) is 102 cm³/mol. The summed E-state index contributed by atoms with van der Waals surface area (Å²) < 4.78 is 58.0. The molecule has 0 radical (unpaired) electrons. The van der Waals surface area contributed by atoms with Gasteiger partial charge >= 0.3 is 5.97 Å². The van der Waals surface area contributed by atoms with Crippen LogP contribution < -0.4 is 10.0 Å². The van der Waals surface area contributed by atoms with Crippen molar-refractivity contribution in [2.45, 2.75) is 31.2 Å². The van der Waals surface area contributed by atoms with E-state index in [4.69, 9.17) is 4.74 Å². The highest BCUT2D eigenvalue weighted by Gasteiger charge is 2.18. The van der Waals surface area contributed by atoms with E-state index in [-0.39, 0.29) is 22.2 Å². The molecule has 0 aromatic heterocycles. The average Bonchev–Trinajstić information content (AvgIpc) is 2.68. The summed E-state index contributed by atoms with van der Waals surface area (Å²) in [5.41, 5.74) is -0.218. The molecule has 1 amide bonds. The van der Waals surface area contributed by atoms with Gasteiger partial charge in [-0.25, -0.2) is 26.7 Å². The molecule has 2 rings (SSSR count). The van der Waals surface area contributed by atoms with Crippen molar-refractivity contribution >= 4 is 27.6 Å². The van der Waals surface area contributed by atoms with E-state index in [2.05, 4.69) is 10.0 Å². The minimum absolute atomic E-state index is 0.0149. The zero-order chi connectivity index (χ0) is 21.6. The highest BCUT2D eigenvalue weighted by molar-refractivity contribution is 7.89. The number of hydrogen-bond donors (Lipinski definition) is 2. The van der Waals surface area contributed by atoms with Crippen LogP contribution in [0, 0.1) is 11.6 Å². The number of nitrogens with one attached hydrogen (secondary N) is 2. The molecule has 7 nitrogen and oxygen atoms in total. The fraction of sp³-hybridized carbons (Fsp3) is 0.263. The normalized spacial score (nSPS) is 12.3. The number of benzene rings is 2.